The van der Waals surface area contributed by atoms with Crippen molar-refractivity contribution in [3.63, 3.8) is 0 Å². The molecule has 0 radical (unpaired) electrons. The third kappa shape index (κ3) is 3.20. The lowest BCUT2D eigenvalue weighted by Crippen LogP contribution is -2.27. The van der Waals surface area contributed by atoms with Crippen LogP contribution in [0.2, 0.25) is 0 Å². The molecule has 158 valence electrons. The van der Waals surface area contributed by atoms with Crippen LogP contribution in [0.25, 0.3) is 21.9 Å². The lowest BCUT2D eigenvalue weighted by Gasteiger charge is -2.28. The van der Waals surface area contributed by atoms with Gasteiger partial charge >= 0.3 is 0 Å². The van der Waals surface area contributed by atoms with Crippen molar-refractivity contribution in [2.45, 2.75) is 46.5 Å². The number of para-hydroxylation sites is 2. The Morgan fingerprint density at radius 3 is 2.03 bits per heavy atom. The molecule has 4 aromatic rings. The van der Waals surface area contributed by atoms with E-state index >= 15 is 0 Å². The predicted octanol–water partition coefficient (Wildman–Crippen LogP) is 7.90. The zero-order valence-corrected chi connectivity index (χ0v) is 19.0. The number of fused-ring (bicyclic) bond motifs is 3. The van der Waals surface area contributed by atoms with Gasteiger partial charge in [-0.3, -0.25) is 0 Å². The van der Waals surface area contributed by atoms with E-state index in [0.717, 1.165) is 23.5 Å². The predicted molar refractivity (Wildman–Crippen MR) is 132 cm³/mol. The Labute approximate surface area is 184 Å². The summed E-state index contributed by atoms with van der Waals surface area (Å²) in [6, 6.07) is 19.4. The summed E-state index contributed by atoms with van der Waals surface area (Å²) in [5.74, 6) is 0.938. The van der Waals surface area contributed by atoms with Gasteiger partial charge in [0, 0.05) is 28.9 Å². The molecular weight excluding hydrogens is 380 g/mol. The molecule has 0 saturated heterocycles. The van der Waals surface area contributed by atoms with E-state index in [1.165, 1.54) is 33.2 Å². The quantitative estimate of drug-likeness (QED) is 0.341. The second-order valence-electron chi connectivity index (χ2n) is 9.18. The molecule has 1 aliphatic heterocycles. The third-order valence-corrected chi connectivity index (χ3v) is 6.37. The van der Waals surface area contributed by atoms with E-state index in [1.54, 1.807) is 0 Å². The van der Waals surface area contributed by atoms with Crippen molar-refractivity contribution in [3.8, 4) is 0 Å². The minimum atomic E-state index is 0.469. The highest BCUT2D eigenvalue weighted by Gasteiger charge is 2.25. The molecule has 0 unspecified atom stereocenters. The molecule has 0 saturated carbocycles. The fraction of sp³-hybridized carbons (Fsp3) is 0.286. The van der Waals surface area contributed by atoms with E-state index in [9.17, 15) is 0 Å². The molecule has 3 aromatic carbocycles. The maximum Gasteiger partial charge on any atom is 0.159 e. The number of aryl methyl sites for hydroxylation is 1. The van der Waals surface area contributed by atoms with Gasteiger partial charge in [0.05, 0.1) is 12.4 Å². The second-order valence-corrected chi connectivity index (χ2v) is 9.18. The highest BCUT2D eigenvalue weighted by Crippen LogP contribution is 2.41. The smallest absolute Gasteiger partial charge is 0.159 e. The maximum absolute atomic E-state index is 6.35. The summed E-state index contributed by atoms with van der Waals surface area (Å²) in [4.78, 5) is 4.72. The first-order valence-electron chi connectivity index (χ1n) is 11.2. The van der Waals surface area contributed by atoms with Gasteiger partial charge < -0.3 is 14.2 Å². The standard InChI is InChI=1S/C28H30N2O/c1-18(2)21-10-8-11-22(19(3)4)27(21)30-16-15-29(17-30)26-20(5)13-14-24-23-9-6-7-12-25(23)31-28(24)26/h6-16,18-19H,17H2,1-5H3. The van der Waals surface area contributed by atoms with Crippen LogP contribution in [0.1, 0.15) is 56.2 Å². The fourth-order valence-corrected chi connectivity index (χ4v) is 4.78. The van der Waals surface area contributed by atoms with Crippen LogP contribution >= 0.6 is 0 Å². The molecule has 1 aromatic heterocycles. The van der Waals surface area contributed by atoms with Gasteiger partial charge in [0.2, 0.25) is 0 Å². The van der Waals surface area contributed by atoms with Gasteiger partial charge in [-0.1, -0.05) is 76.2 Å². The van der Waals surface area contributed by atoms with Crippen molar-refractivity contribution < 1.29 is 4.42 Å². The van der Waals surface area contributed by atoms with Crippen molar-refractivity contribution in [2.24, 2.45) is 0 Å². The normalized spacial score (nSPS) is 14.2. The number of benzene rings is 3. The molecule has 2 heterocycles. The molecule has 0 bridgehead atoms. The van der Waals surface area contributed by atoms with Crippen molar-refractivity contribution in [2.75, 3.05) is 16.5 Å². The van der Waals surface area contributed by atoms with Gasteiger partial charge in [-0.25, -0.2) is 0 Å². The van der Waals surface area contributed by atoms with E-state index < -0.39 is 0 Å². The minimum Gasteiger partial charge on any atom is -0.454 e. The zero-order valence-electron chi connectivity index (χ0n) is 19.0. The molecule has 0 atom stereocenters. The Kier molecular flexibility index (Phi) is 4.77. The summed E-state index contributed by atoms with van der Waals surface area (Å²) in [6.45, 7) is 12.1. The van der Waals surface area contributed by atoms with E-state index in [4.69, 9.17) is 4.42 Å². The van der Waals surface area contributed by atoms with Crippen LogP contribution in [0.3, 0.4) is 0 Å². The van der Waals surface area contributed by atoms with Gasteiger partial charge in [-0.2, -0.15) is 0 Å². The van der Waals surface area contributed by atoms with E-state index in [0.29, 0.717) is 11.8 Å². The molecule has 0 N–H and O–H groups in total. The Morgan fingerprint density at radius 2 is 1.35 bits per heavy atom. The summed E-state index contributed by atoms with van der Waals surface area (Å²) >= 11 is 0. The van der Waals surface area contributed by atoms with Crippen LogP contribution in [0.4, 0.5) is 11.4 Å². The lowest BCUT2D eigenvalue weighted by molar-refractivity contribution is 0.667. The van der Waals surface area contributed by atoms with Crippen LogP contribution < -0.4 is 9.80 Å². The monoisotopic (exact) mass is 410 g/mol. The van der Waals surface area contributed by atoms with Gasteiger partial charge in [0.15, 0.2) is 5.58 Å². The van der Waals surface area contributed by atoms with E-state index in [-0.39, 0.29) is 0 Å². The number of hydrogen-bond donors (Lipinski definition) is 0. The number of anilines is 2. The Hall–Kier alpha value is -3.20. The molecule has 31 heavy (non-hydrogen) atoms. The summed E-state index contributed by atoms with van der Waals surface area (Å²) < 4.78 is 6.35. The van der Waals surface area contributed by atoms with Gasteiger partial charge in [-0.05, 0) is 41.5 Å². The molecule has 1 aliphatic rings. The first-order chi connectivity index (χ1) is 15.0. The summed E-state index contributed by atoms with van der Waals surface area (Å²) in [6.07, 6.45) is 4.41. The van der Waals surface area contributed by atoms with Crippen molar-refractivity contribution in [1.29, 1.82) is 0 Å². The van der Waals surface area contributed by atoms with Gasteiger partial charge in [-0.15, -0.1) is 0 Å². The molecule has 3 nitrogen and oxygen atoms in total. The SMILES string of the molecule is Cc1ccc2c(oc3ccccc32)c1N1C=CN(c2c(C(C)C)cccc2C(C)C)C1. The average molecular weight is 411 g/mol. The van der Waals surface area contributed by atoms with Gasteiger partial charge in [0.25, 0.3) is 0 Å². The molecule has 0 fully saturated rings. The van der Waals surface area contributed by atoms with Gasteiger partial charge in [0.1, 0.15) is 5.58 Å². The highest BCUT2D eigenvalue weighted by molar-refractivity contribution is 6.09. The number of nitrogens with zero attached hydrogens (tertiary/aromatic N) is 2. The Morgan fingerprint density at radius 1 is 0.710 bits per heavy atom. The van der Waals surface area contributed by atoms with Crippen LogP contribution in [0, 0.1) is 6.92 Å². The highest BCUT2D eigenvalue weighted by atomic mass is 16.3. The zero-order chi connectivity index (χ0) is 21.7. The van der Waals surface area contributed by atoms with Crippen LogP contribution in [-0.4, -0.2) is 6.67 Å². The molecule has 3 heteroatoms. The molecule has 0 spiro atoms. The number of hydrogen-bond acceptors (Lipinski definition) is 3. The molecular formula is C28H30N2O. The van der Waals surface area contributed by atoms with Crippen LogP contribution in [-0.2, 0) is 0 Å². The van der Waals surface area contributed by atoms with Crippen LogP contribution in [0.5, 0.6) is 0 Å². The minimum absolute atomic E-state index is 0.469. The molecule has 5 rings (SSSR count). The average Bonchev–Trinajstić information content (AvgIpc) is 3.37. The van der Waals surface area contributed by atoms with Crippen molar-refractivity contribution in [1.82, 2.24) is 0 Å². The third-order valence-electron chi connectivity index (χ3n) is 6.37. The summed E-state index contributed by atoms with van der Waals surface area (Å²) in [5.41, 5.74) is 8.43. The first kappa shape index (κ1) is 19.7. The second kappa shape index (κ2) is 7.49. The number of rotatable bonds is 4. The first-order valence-corrected chi connectivity index (χ1v) is 11.2. The largest absolute Gasteiger partial charge is 0.454 e. The van der Waals surface area contributed by atoms with E-state index in [1.807, 2.05) is 12.1 Å². The maximum atomic E-state index is 6.35. The molecule has 0 amide bonds. The van der Waals surface area contributed by atoms with E-state index in [2.05, 4.69) is 99.3 Å². The summed E-state index contributed by atoms with van der Waals surface area (Å²) in [7, 11) is 0. The lowest BCUT2D eigenvalue weighted by atomic mass is 9.92. The Balaban J connectivity index is 1.60. The number of furan rings is 1. The van der Waals surface area contributed by atoms with Crippen molar-refractivity contribution in [3.05, 3.63) is 83.7 Å². The van der Waals surface area contributed by atoms with Crippen LogP contribution in [0.15, 0.2) is 71.4 Å². The fourth-order valence-electron chi connectivity index (χ4n) is 4.78. The van der Waals surface area contributed by atoms with Crippen molar-refractivity contribution >= 4 is 33.3 Å². The Bertz CT molecular complexity index is 1270. The topological polar surface area (TPSA) is 19.6 Å². The summed E-state index contributed by atoms with van der Waals surface area (Å²) in [5, 5.41) is 2.35. The molecule has 0 aliphatic carbocycles.